The summed E-state index contributed by atoms with van der Waals surface area (Å²) in [6.45, 7) is 2.03. The van der Waals surface area contributed by atoms with Crippen molar-refractivity contribution in [2.45, 2.75) is 38.6 Å². The second kappa shape index (κ2) is 6.95. The molecule has 2 aromatic heterocycles. The van der Waals surface area contributed by atoms with Gasteiger partial charge in [-0.2, -0.15) is 0 Å². The van der Waals surface area contributed by atoms with E-state index in [4.69, 9.17) is 0 Å². The van der Waals surface area contributed by atoms with Crippen LogP contribution in [0.5, 0.6) is 0 Å². The fraction of sp³-hybridized carbons (Fsp3) is 0.500. The molecule has 0 aliphatic heterocycles. The highest BCUT2D eigenvalue weighted by Gasteiger charge is 2.13. The molecule has 4 heteroatoms. The molecular formula is C16H21N3S. The monoisotopic (exact) mass is 287 g/mol. The van der Waals surface area contributed by atoms with Gasteiger partial charge in [0.1, 0.15) is 5.01 Å². The van der Waals surface area contributed by atoms with Gasteiger partial charge < -0.3 is 5.32 Å². The maximum atomic E-state index is 4.50. The van der Waals surface area contributed by atoms with Crippen molar-refractivity contribution in [3.05, 3.63) is 35.7 Å². The number of hydrogen-bond acceptors (Lipinski definition) is 4. The number of nitrogens with zero attached hydrogens (tertiary/aromatic N) is 2. The van der Waals surface area contributed by atoms with E-state index in [0.717, 1.165) is 24.6 Å². The average molecular weight is 287 g/mol. The zero-order chi connectivity index (χ0) is 13.6. The summed E-state index contributed by atoms with van der Waals surface area (Å²) in [7, 11) is 0. The second-order valence-corrected chi connectivity index (χ2v) is 6.61. The highest BCUT2D eigenvalue weighted by molar-refractivity contribution is 7.15. The molecule has 0 radical (unpaired) electrons. The van der Waals surface area contributed by atoms with E-state index in [1.807, 2.05) is 18.5 Å². The van der Waals surface area contributed by atoms with Crippen LogP contribution < -0.4 is 5.32 Å². The lowest BCUT2D eigenvalue weighted by atomic mass is 9.89. The van der Waals surface area contributed by atoms with E-state index < -0.39 is 0 Å². The number of aromatic nitrogens is 2. The molecule has 2 heterocycles. The van der Waals surface area contributed by atoms with Gasteiger partial charge in [-0.05, 0) is 31.4 Å². The zero-order valence-electron chi connectivity index (χ0n) is 11.7. The fourth-order valence-corrected chi connectivity index (χ4v) is 3.69. The third-order valence-electron chi connectivity index (χ3n) is 3.93. The lowest BCUT2D eigenvalue weighted by molar-refractivity contribution is 0.342. The predicted octanol–water partition coefficient (Wildman–Crippen LogP) is 3.88. The van der Waals surface area contributed by atoms with Gasteiger partial charge >= 0.3 is 0 Å². The van der Waals surface area contributed by atoms with Gasteiger partial charge in [-0.3, -0.25) is 4.98 Å². The zero-order valence-corrected chi connectivity index (χ0v) is 12.5. The molecule has 1 saturated carbocycles. The highest BCUT2D eigenvalue weighted by atomic mass is 32.1. The minimum atomic E-state index is 0.876. The van der Waals surface area contributed by atoms with Crippen LogP contribution >= 0.6 is 11.3 Å². The summed E-state index contributed by atoms with van der Waals surface area (Å²) in [5, 5.41) is 4.73. The van der Waals surface area contributed by atoms with Gasteiger partial charge in [-0.15, -0.1) is 11.3 Å². The Labute approximate surface area is 124 Å². The summed E-state index contributed by atoms with van der Waals surface area (Å²) in [6, 6.07) is 4.05. The molecule has 106 valence electrons. The molecule has 1 fully saturated rings. The Hall–Kier alpha value is -1.26. The molecule has 0 spiro atoms. The van der Waals surface area contributed by atoms with E-state index in [9.17, 15) is 0 Å². The molecule has 1 aliphatic rings. The van der Waals surface area contributed by atoms with Crippen LogP contribution in [0.4, 0.5) is 0 Å². The second-order valence-electron chi connectivity index (χ2n) is 5.49. The standard InChI is InChI=1S/C16H21N3S/c1-2-5-13(6-3-1)9-18-12-16-19-11-15(20-16)14-7-4-8-17-10-14/h4,7-8,10-11,13,18H,1-3,5-6,9,12H2. The van der Waals surface area contributed by atoms with Gasteiger partial charge in [0.15, 0.2) is 0 Å². The van der Waals surface area contributed by atoms with Crippen LogP contribution in [0, 0.1) is 5.92 Å². The molecule has 1 N–H and O–H groups in total. The summed E-state index contributed by atoms with van der Waals surface area (Å²) in [5.74, 6) is 0.876. The lowest BCUT2D eigenvalue weighted by Gasteiger charge is -2.21. The molecule has 20 heavy (non-hydrogen) atoms. The Balaban J connectivity index is 1.50. The first-order valence-corrected chi connectivity index (χ1v) is 8.29. The van der Waals surface area contributed by atoms with Crippen molar-refractivity contribution in [2.75, 3.05) is 6.54 Å². The molecule has 0 bridgehead atoms. The normalized spacial score (nSPS) is 16.4. The molecule has 2 aromatic rings. The quantitative estimate of drug-likeness (QED) is 0.907. The van der Waals surface area contributed by atoms with Crippen LogP contribution in [0.3, 0.4) is 0 Å². The SMILES string of the molecule is c1cncc(-c2cnc(CNCC3CCCCC3)s2)c1. The number of pyridine rings is 1. The van der Waals surface area contributed by atoms with Crippen LogP contribution in [0.15, 0.2) is 30.7 Å². The Morgan fingerprint density at radius 3 is 2.90 bits per heavy atom. The van der Waals surface area contributed by atoms with E-state index in [1.54, 1.807) is 17.5 Å². The van der Waals surface area contributed by atoms with Crippen molar-refractivity contribution in [1.82, 2.24) is 15.3 Å². The summed E-state index contributed by atoms with van der Waals surface area (Å²) >= 11 is 1.76. The Morgan fingerprint density at radius 2 is 2.10 bits per heavy atom. The minimum absolute atomic E-state index is 0.876. The van der Waals surface area contributed by atoms with Gasteiger partial charge in [0.05, 0.1) is 4.88 Å². The summed E-state index contributed by atoms with van der Waals surface area (Å²) in [5.41, 5.74) is 1.16. The molecule has 3 nitrogen and oxygen atoms in total. The van der Waals surface area contributed by atoms with E-state index in [1.165, 1.54) is 42.0 Å². The third-order valence-corrected chi connectivity index (χ3v) is 4.98. The van der Waals surface area contributed by atoms with E-state index in [2.05, 4.69) is 21.4 Å². The molecule has 1 aliphatic carbocycles. The van der Waals surface area contributed by atoms with E-state index >= 15 is 0 Å². The maximum Gasteiger partial charge on any atom is 0.107 e. The first kappa shape index (κ1) is 13.7. The van der Waals surface area contributed by atoms with Crippen molar-refractivity contribution in [3.8, 4) is 10.4 Å². The molecule has 0 amide bonds. The fourth-order valence-electron chi connectivity index (χ4n) is 2.81. The number of nitrogens with one attached hydrogen (secondary N) is 1. The molecule has 3 rings (SSSR count). The van der Waals surface area contributed by atoms with E-state index in [0.29, 0.717) is 0 Å². The number of hydrogen-bond donors (Lipinski definition) is 1. The van der Waals surface area contributed by atoms with Crippen LogP contribution in [0.2, 0.25) is 0 Å². The predicted molar refractivity (Wildman–Crippen MR) is 83.6 cm³/mol. The van der Waals surface area contributed by atoms with Crippen molar-refractivity contribution < 1.29 is 0 Å². The van der Waals surface area contributed by atoms with Gasteiger partial charge in [0.25, 0.3) is 0 Å². The maximum absolute atomic E-state index is 4.50. The Kier molecular flexibility index (Phi) is 4.77. The van der Waals surface area contributed by atoms with Gasteiger partial charge in [0.2, 0.25) is 0 Å². The van der Waals surface area contributed by atoms with Crippen LogP contribution in [-0.4, -0.2) is 16.5 Å². The van der Waals surface area contributed by atoms with Crippen molar-refractivity contribution in [1.29, 1.82) is 0 Å². The van der Waals surface area contributed by atoms with Crippen LogP contribution in [0.1, 0.15) is 37.1 Å². The molecule has 0 atom stereocenters. The van der Waals surface area contributed by atoms with Gasteiger partial charge in [0, 0.05) is 30.7 Å². The van der Waals surface area contributed by atoms with Crippen molar-refractivity contribution >= 4 is 11.3 Å². The van der Waals surface area contributed by atoms with E-state index in [-0.39, 0.29) is 0 Å². The summed E-state index contributed by atoms with van der Waals surface area (Å²) in [4.78, 5) is 9.86. The first-order chi connectivity index (χ1) is 9.92. The van der Waals surface area contributed by atoms with Crippen molar-refractivity contribution in [2.24, 2.45) is 5.92 Å². The first-order valence-electron chi connectivity index (χ1n) is 7.47. The Morgan fingerprint density at radius 1 is 1.20 bits per heavy atom. The van der Waals surface area contributed by atoms with Crippen LogP contribution in [0.25, 0.3) is 10.4 Å². The molecule has 0 unspecified atom stereocenters. The molecule has 0 aromatic carbocycles. The topological polar surface area (TPSA) is 37.8 Å². The van der Waals surface area contributed by atoms with Gasteiger partial charge in [-0.1, -0.05) is 25.3 Å². The summed E-state index contributed by atoms with van der Waals surface area (Å²) < 4.78 is 0. The summed E-state index contributed by atoms with van der Waals surface area (Å²) in [6.07, 6.45) is 12.7. The van der Waals surface area contributed by atoms with Crippen LogP contribution in [-0.2, 0) is 6.54 Å². The molecular weight excluding hydrogens is 266 g/mol. The Bertz CT molecular complexity index is 518. The number of thiazole rings is 1. The largest absolute Gasteiger partial charge is 0.310 e. The highest BCUT2D eigenvalue weighted by Crippen LogP contribution is 2.25. The number of rotatable bonds is 5. The minimum Gasteiger partial charge on any atom is -0.310 e. The molecule has 0 saturated heterocycles. The van der Waals surface area contributed by atoms with Crippen molar-refractivity contribution in [3.63, 3.8) is 0 Å². The van der Waals surface area contributed by atoms with Gasteiger partial charge in [-0.25, -0.2) is 4.98 Å². The average Bonchev–Trinajstić information content (AvgIpc) is 2.98. The lowest BCUT2D eigenvalue weighted by Crippen LogP contribution is -2.24. The third kappa shape index (κ3) is 3.64. The smallest absolute Gasteiger partial charge is 0.107 e.